The van der Waals surface area contributed by atoms with Crippen molar-refractivity contribution < 1.29 is 24.2 Å². The average molecular weight is 317 g/mol. The largest absolute Gasteiger partial charge is 0.308 e. The summed E-state index contributed by atoms with van der Waals surface area (Å²) < 4.78 is 52.6. The number of carbonyl (C=O) groups excluding carboxylic acids is 1. The third-order valence-corrected chi connectivity index (χ3v) is 1.32. The lowest BCUT2D eigenvalue weighted by Crippen LogP contribution is -2.00. The van der Waals surface area contributed by atoms with E-state index in [1.54, 1.807) is 24.3 Å². The SMILES string of the molecule is CC.CS(F)(F)(F)(F)F.[C-]#[N+]CC(=O)c1ccccc1. The van der Waals surface area contributed by atoms with Crippen LogP contribution in [0.25, 0.3) is 4.85 Å². The van der Waals surface area contributed by atoms with E-state index >= 15 is 0 Å². The second-order valence-electron chi connectivity index (χ2n) is 3.46. The summed E-state index contributed by atoms with van der Waals surface area (Å²) in [6.45, 7) is 10.4. The maximum absolute atomic E-state index is 11.0. The van der Waals surface area contributed by atoms with E-state index in [1.165, 1.54) is 0 Å². The molecule has 0 aromatic heterocycles. The number of carbonyl (C=O) groups is 1. The Kier molecular flexibility index (Phi) is 6.93. The van der Waals surface area contributed by atoms with E-state index in [4.69, 9.17) is 6.57 Å². The zero-order valence-corrected chi connectivity index (χ0v) is 12.1. The molecular formula is C12H16F5NOS. The van der Waals surface area contributed by atoms with Gasteiger partial charge in [0.25, 0.3) is 16.8 Å². The first-order chi connectivity index (χ1) is 8.79. The van der Waals surface area contributed by atoms with Crippen molar-refractivity contribution in [3.8, 4) is 0 Å². The molecule has 20 heavy (non-hydrogen) atoms. The van der Waals surface area contributed by atoms with Crippen LogP contribution in [0, 0.1) is 6.57 Å². The van der Waals surface area contributed by atoms with Crippen LogP contribution in [-0.4, -0.2) is 18.6 Å². The van der Waals surface area contributed by atoms with Crippen LogP contribution in [0.2, 0.25) is 0 Å². The van der Waals surface area contributed by atoms with Gasteiger partial charge in [-0.25, -0.2) is 6.57 Å². The summed E-state index contributed by atoms with van der Waals surface area (Å²) in [7, 11) is -8.97. The fraction of sp³-hybridized carbons (Fsp3) is 0.333. The summed E-state index contributed by atoms with van der Waals surface area (Å²) in [5, 5.41) is 0. The van der Waals surface area contributed by atoms with Gasteiger partial charge in [0.1, 0.15) is 0 Å². The number of hydrogen-bond donors (Lipinski definition) is 0. The van der Waals surface area contributed by atoms with Gasteiger partial charge in [0.2, 0.25) is 5.78 Å². The summed E-state index contributed by atoms with van der Waals surface area (Å²) in [6, 6.07) is 8.85. The highest BCUT2D eigenvalue weighted by molar-refractivity contribution is 8.45. The summed E-state index contributed by atoms with van der Waals surface area (Å²) in [5.41, 5.74) is 0.614. The minimum atomic E-state index is -8.97. The Balaban J connectivity index is 0. The van der Waals surface area contributed by atoms with Gasteiger partial charge in [0, 0.05) is 5.56 Å². The van der Waals surface area contributed by atoms with E-state index in [1.807, 2.05) is 19.9 Å². The molecule has 0 heterocycles. The predicted molar refractivity (Wildman–Crippen MR) is 72.6 cm³/mol. The van der Waals surface area contributed by atoms with E-state index in [-0.39, 0.29) is 12.3 Å². The van der Waals surface area contributed by atoms with Crippen molar-refractivity contribution in [3.05, 3.63) is 47.3 Å². The van der Waals surface area contributed by atoms with Crippen molar-refractivity contribution in [3.63, 3.8) is 0 Å². The Bertz CT molecular complexity index is 450. The average Bonchev–Trinajstić information content (AvgIpc) is 2.29. The van der Waals surface area contributed by atoms with Crippen molar-refractivity contribution in [1.82, 2.24) is 0 Å². The second kappa shape index (κ2) is 6.70. The van der Waals surface area contributed by atoms with Crippen LogP contribution in [0.15, 0.2) is 30.3 Å². The topological polar surface area (TPSA) is 21.4 Å². The van der Waals surface area contributed by atoms with E-state index in [0.717, 1.165) is 0 Å². The zero-order valence-electron chi connectivity index (χ0n) is 11.2. The molecule has 0 fully saturated rings. The van der Waals surface area contributed by atoms with Gasteiger partial charge in [-0.1, -0.05) is 63.6 Å². The highest BCUT2D eigenvalue weighted by atomic mass is 32.5. The van der Waals surface area contributed by atoms with Crippen LogP contribution in [0.5, 0.6) is 0 Å². The van der Waals surface area contributed by atoms with Crippen LogP contribution in [-0.2, 0) is 0 Å². The monoisotopic (exact) mass is 317 g/mol. The molecule has 2 nitrogen and oxygen atoms in total. The van der Waals surface area contributed by atoms with E-state index in [9.17, 15) is 24.2 Å². The third-order valence-electron chi connectivity index (χ3n) is 1.32. The number of nitrogens with zero attached hydrogens (tertiary/aromatic N) is 1. The lowest BCUT2D eigenvalue weighted by Gasteiger charge is -2.35. The van der Waals surface area contributed by atoms with Crippen LogP contribution in [0.4, 0.5) is 19.4 Å². The quantitative estimate of drug-likeness (QED) is 0.388. The molecule has 116 valence electrons. The molecule has 1 rings (SSSR count). The summed E-state index contributed by atoms with van der Waals surface area (Å²) in [5.74, 6) is -0.111. The number of halogens is 5. The smallest absolute Gasteiger partial charge is 0.283 e. The van der Waals surface area contributed by atoms with Gasteiger partial charge in [-0.15, -0.1) is 0 Å². The molecule has 0 aliphatic heterocycles. The summed E-state index contributed by atoms with van der Waals surface area (Å²) >= 11 is 0. The van der Waals surface area contributed by atoms with Crippen LogP contribution >= 0.6 is 10.2 Å². The fourth-order valence-electron chi connectivity index (χ4n) is 0.787. The fourth-order valence-corrected chi connectivity index (χ4v) is 0.787. The van der Waals surface area contributed by atoms with Crippen molar-refractivity contribution in [2.24, 2.45) is 0 Å². The van der Waals surface area contributed by atoms with Gasteiger partial charge >= 0.3 is 0 Å². The molecule has 0 unspecified atom stereocenters. The highest BCUT2D eigenvalue weighted by Gasteiger charge is 2.57. The Hall–Kier alpha value is -1.62. The molecule has 0 saturated carbocycles. The van der Waals surface area contributed by atoms with E-state index in [0.29, 0.717) is 5.56 Å². The third kappa shape index (κ3) is 21.6. The van der Waals surface area contributed by atoms with Crippen LogP contribution in [0.1, 0.15) is 24.2 Å². The van der Waals surface area contributed by atoms with E-state index < -0.39 is 16.5 Å². The molecule has 8 heteroatoms. The number of benzene rings is 1. The number of ketones is 1. The first kappa shape index (κ1) is 20.7. The van der Waals surface area contributed by atoms with Gasteiger partial charge in [0.15, 0.2) is 0 Å². The van der Waals surface area contributed by atoms with Crippen molar-refractivity contribution in [2.45, 2.75) is 13.8 Å². The van der Waals surface area contributed by atoms with Gasteiger partial charge in [-0.05, 0) is 0 Å². The van der Waals surface area contributed by atoms with Crippen LogP contribution < -0.4 is 0 Å². The highest BCUT2D eigenvalue weighted by Crippen LogP contribution is 2.95. The molecule has 0 amide bonds. The molecule has 1 aromatic rings. The minimum Gasteiger partial charge on any atom is -0.308 e. The number of rotatable bonds is 2. The molecule has 0 bridgehead atoms. The molecule has 0 N–H and O–H groups in total. The normalized spacial score (nSPS) is 13.2. The summed E-state index contributed by atoms with van der Waals surface area (Å²) in [4.78, 5) is 14.0. The van der Waals surface area contributed by atoms with Gasteiger partial charge in [0.05, 0.1) is 6.26 Å². The lowest BCUT2D eigenvalue weighted by atomic mass is 10.1. The predicted octanol–water partition coefficient (Wildman–Crippen LogP) is 5.73. The Morgan fingerprint density at radius 2 is 1.45 bits per heavy atom. The van der Waals surface area contributed by atoms with Crippen molar-refractivity contribution >= 4 is 16.0 Å². The molecule has 0 spiro atoms. The second-order valence-corrected chi connectivity index (χ2v) is 6.17. The molecule has 0 aliphatic carbocycles. The van der Waals surface area contributed by atoms with Crippen molar-refractivity contribution in [1.29, 1.82) is 0 Å². The molecular weight excluding hydrogens is 301 g/mol. The lowest BCUT2D eigenvalue weighted by molar-refractivity contribution is 0.101. The molecule has 0 saturated heterocycles. The van der Waals surface area contributed by atoms with Crippen molar-refractivity contribution in [2.75, 3.05) is 12.8 Å². The maximum Gasteiger partial charge on any atom is 0.283 e. The first-order valence-electron chi connectivity index (χ1n) is 5.44. The Morgan fingerprint density at radius 1 is 1.10 bits per heavy atom. The van der Waals surface area contributed by atoms with Gasteiger partial charge in [-0.2, -0.15) is 0 Å². The molecule has 0 atom stereocenters. The standard InChI is InChI=1S/C9H7NO.C2H6.CH3F5S/c1-10-7-9(11)8-5-3-2-4-6-8;1-2;1-7(2,3,4,5)6/h2-6H,7H2;1-2H3;1H3. The molecule has 0 aliphatic rings. The van der Waals surface area contributed by atoms with Crippen LogP contribution in [0.3, 0.4) is 0 Å². The molecule has 0 radical (unpaired) electrons. The Morgan fingerprint density at radius 3 is 1.75 bits per heavy atom. The minimum absolute atomic E-state index is 0.0516. The van der Waals surface area contributed by atoms with Gasteiger partial charge in [-0.3, -0.25) is 4.79 Å². The number of Topliss-reactive ketones (excluding diaryl/α,β-unsaturated/α-hetero) is 1. The Labute approximate surface area is 115 Å². The zero-order chi connectivity index (χ0) is 16.5. The van der Waals surface area contributed by atoms with E-state index in [2.05, 4.69) is 4.85 Å². The maximum atomic E-state index is 11.0. The first-order valence-corrected chi connectivity index (χ1v) is 7.80. The van der Waals surface area contributed by atoms with Gasteiger partial charge < -0.3 is 4.85 Å². The number of hydrogen-bond acceptors (Lipinski definition) is 1. The summed E-state index contributed by atoms with van der Waals surface area (Å²) in [6.07, 6.45) is -0.986. The molecule has 1 aromatic carbocycles.